The smallest absolute Gasteiger partial charge is 0.311 e. The zero-order valence-corrected chi connectivity index (χ0v) is 17.1. The van der Waals surface area contributed by atoms with Crippen molar-refractivity contribution in [1.29, 1.82) is 0 Å². The third kappa shape index (κ3) is 2.55. The number of ether oxygens (including phenoxy) is 1. The van der Waals surface area contributed by atoms with E-state index in [1.165, 1.54) is 28.3 Å². The number of hydrogen-bond donors (Lipinski definition) is 0. The molecule has 0 heterocycles. The number of aryl methyl sites for hydroxylation is 1. The van der Waals surface area contributed by atoms with Crippen LogP contribution in [0.3, 0.4) is 0 Å². The molecule has 0 aliphatic heterocycles. The summed E-state index contributed by atoms with van der Waals surface area (Å²) in [5.41, 5.74) is 4.03. The molecule has 0 amide bonds. The minimum absolute atomic E-state index is 0.0280. The molecule has 3 atom stereocenters. The molecule has 0 radical (unpaired) electrons. The Kier molecular flexibility index (Phi) is 4.61. The highest BCUT2D eigenvalue weighted by Gasteiger charge is 2.55. The molecule has 0 aromatic heterocycles. The number of halogens is 1. The zero-order chi connectivity index (χ0) is 17.7. The molecule has 0 spiro atoms. The van der Waals surface area contributed by atoms with E-state index in [0.29, 0.717) is 11.8 Å². The predicted octanol–water partition coefficient (Wildman–Crippen LogP) is 5.76. The van der Waals surface area contributed by atoms with Gasteiger partial charge in [-0.1, -0.05) is 49.2 Å². The number of benzene rings is 1. The highest BCUT2D eigenvalue weighted by Crippen LogP contribution is 2.58. The first-order valence-electron chi connectivity index (χ1n) is 9.15. The Morgan fingerprint density at radius 1 is 1.29 bits per heavy atom. The summed E-state index contributed by atoms with van der Waals surface area (Å²) < 4.78 is 6.41. The summed E-state index contributed by atoms with van der Waals surface area (Å²) in [6.07, 6.45) is 5.33. The van der Waals surface area contributed by atoms with Crippen molar-refractivity contribution in [3.05, 3.63) is 33.3 Å². The predicted molar refractivity (Wildman–Crippen MR) is 101 cm³/mol. The van der Waals surface area contributed by atoms with Crippen LogP contribution in [0.1, 0.15) is 76.0 Å². The van der Waals surface area contributed by atoms with Gasteiger partial charge in [0, 0.05) is 4.47 Å². The molecule has 1 saturated carbocycles. The Balaban J connectivity index is 2.11. The van der Waals surface area contributed by atoms with Crippen LogP contribution in [-0.4, -0.2) is 13.1 Å². The molecule has 2 nitrogen and oxygen atoms in total. The van der Waals surface area contributed by atoms with Crippen LogP contribution in [0.25, 0.3) is 0 Å². The third-order valence-electron chi connectivity index (χ3n) is 6.74. The van der Waals surface area contributed by atoms with Crippen LogP contribution < -0.4 is 0 Å². The minimum atomic E-state index is -0.358. The fraction of sp³-hybridized carbons (Fsp3) is 0.667. The van der Waals surface area contributed by atoms with E-state index in [1.54, 1.807) is 0 Å². The Hall–Kier alpha value is -0.830. The molecule has 2 aliphatic rings. The second-order valence-electron chi connectivity index (χ2n) is 8.46. The summed E-state index contributed by atoms with van der Waals surface area (Å²) in [6, 6.07) is 4.75. The van der Waals surface area contributed by atoms with Gasteiger partial charge in [-0.15, -0.1) is 0 Å². The van der Waals surface area contributed by atoms with Crippen LogP contribution in [-0.2, 0) is 21.4 Å². The van der Waals surface area contributed by atoms with Gasteiger partial charge in [0.1, 0.15) is 0 Å². The number of carbonyl (C=O) groups excluding carboxylic acids is 1. The number of hydrogen-bond acceptors (Lipinski definition) is 2. The van der Waals surface area contributed by atoms with E-state index < -0.39 is 0 Å². The molecule has 24 heavy (non-hydrogen) atoms. The SMILES string of the molecule is COC(=O)[C@]1(C)CCC[C@@]2(C)c3cc(Br)c(C(C)C)cc3CC[C@@H]12. The van der Waals surface area contributed by atoms with Gasteiger partial charge in [-0.25, -0.2) is 0 Å². The van der Waals surface area contributed by atoms with Crippen molar-refractivity contribution in [3.63, 3.8) is 0 Å². The van der Waals surface area contributed by atoms with Gasteiger partial charge in [0.2, 0.25) is 0 Å². The van der Waals surface area contributed by atoms with Gasteiger partial charge < -0.3 is 4.74 Å². The lowest BCUT2D eigenvalue weighted by atomic mass is 9.49. The molecule has 1 aromatic rings. The molecule has 0 bridgehead atoms. The maximum atomic E-state index is 12.6. The monoisotopic (exact) mass is 392 g/mol. The fourth-order valence-electron chi connectivity index (χ4n) is 5.43. The average Bonchev–Trinajstić information content (AvgIpc) is 2.53. The lowest BCUT2D eigenvalue weighted by Crippen LogP contribution is -2.52. The Bertz CT molecular complexity index is 666. The van der Waals surface area contributed by atoms with Gasteiger partial charge in [0.15, 0.2) is 0 Å². The van der Waals surface area contributed by atoms with Crippen molar-refractivity contribution >= 4 is 21.9 Å². The quantitative estimate of drug-likeness (QED) is 0.598. The second-order valence-corrected chi connectivity index (χ2v) is 9.31. The van der Waals surface area contributed by atoms with Gasteiger partial charge in [0.25, 0.3) is 0 Å². The summed E-state index contributed by atoms with van der Waals surface area (Å²) in [7, 11) is 1.53. The van der Waals surface area contributed by atoms with Gasteiger partial charge in [-0.3, -0.25) is 4.79 Å². The molecule has 0 N–H and O–H groups in total. The van der Waals surface area contributed by atoms with Crippen LogP contribution in [0, 0.1) is 11.3 Å². The maximum absolute atomic E-state index is 12.6. The van der Waals surface area contributed by atoms with E-state index in [2.05, 4.69) is 55.8 Å². The molecule has 0 saturated heterocycles. The first-order chi connectivity index (χ1) is 11.2. The lowest BCUT2D eigenvalue weighted by molar-refractivity contribution is -0.161. The number of fused-ring (bicyclic) bond motifs is 3. The third-order valence-corrected chi connectivity index (χ3v) is 7.43. The fourth-order valence-corrected chi connectivity index (χ4v) is 6.23. The number of carbonyl (C=O) groups is 1. The number of methoxy groups -OCH3 is 1. The highest BCUT2D eigenvalue weighted by molar-refractivity contribution is 9.10. The van der Waals surface area contributed by atoms with E-state index in [-0.39, 0.29) is 16.8 Å². The first-order valence-corrected chi connectivity index (χ1v) is 9.94. The van der Waals surface area contributed by atoms with Crippen molar-refractivity contribution in [3.8, 4) is 0 Å². The summed E-state index contributed by atoms with van der Waals surface area (Å²) in [6.45, 7) is 8.99. The summed E-state index contributed by atoms with van der Waals surface area (Å²) >= 11 is 3.80. The second kappa shape index (κ2) is 6.16. The molecule has 132 valence electrons. The van der Waals surface area contributed by atoms with Crippen molar-refractivity contribution in [2.75, 3.05) is 7.11 Å². The Labute approximate surface area is 154 Å². The Morgan fingerprint density at radius 2 is 2.00 bits per heavy atom. The van der Waals surface area contributed by atoms with Crippen molar-refractivity contribution in [2.24, 2.45) is 11.3 Å². The molecule has 2 aliphatic carbocycles. The van der Waals surface area contributed by atoms with Gasteiger partial charge in [-0.2, -0.15) is 0 Å². The van der Waals surface area contributed by atoms with E-state index in [4.69, 9.17) is 4.74 Å². The first kappa shape index (κ1) is 18.0. The van der Waals surface area contributed by atoms with Crippen molar-refractivity contribution in [2.45, 2.75) is 71.1 Å². The average molecular weight is 393 g/mol. The van der Waals surface area contributed by atoms with E-state index in [1.807, 2.05) is 0 Å². The van der Waals surface area contributed by atoms with E-state index in [9.17, 15) is 4.79 Å². The van der Waals surface area contributed by atoms with Crippen LogP contribution in [0.4, 0.5) is 0 Å². The van der Waals surface area contributed by atoms with Gasteiger partial charge in [0.05, 0.1) is 12.5 Å². The molecule has 3 rings (SSSR count). The summed E-state index contributed by atoms with van der Waals surface area (Å²) in [5.74, 6) is 0.845. The number of rotatable bonds is 2. The molecule has 1 fully saturated rings. The summed E-state index contributed by atoms with van der Waals surface area (Å²) in [5, 5.41) is 0. The van der Waals surface area contributed by atoms with Gasteiger partial charge >= 0.3 is 5.97 Å². The van der Waals surface area contributed by atoms with Crippen LogP contribution >= 0.6 is 15.9 Å². The van der Waals surface area contributed by atoms with Crippen LogP contribution in [0.2, 0.25) is 0 Å². The lowest BCUT2D eigenvalue weighted by Gasteiger charge is -2.54. The topological polar surface area (TPSA) is 26.3 Å². The normalized spacial score (nSPS) is 32.2. The maximum Gasteiger partial charge on any atom is 0.311 e. The summed E-state index contributed by atoms with van der Waals surface area (Å²) in [4.78, 5) is 12.6. The largest absolute Gasteiger partial charge is 0.469 e. The molecular weight excluding hydrogens is 364 g/mol. The van der Waals surface area contributed by atoms with Crippen molar-refractivity contribution < 1.29 is 9.53 Å². The minimum Gasteiger partial charge on any atom is -0.469 e. The van der Waals surface area contributed by atoms with Crippen LogP contribution in [0.5, 0.6) is 0 Å². The molecule has 0 unspecified atom stereocenters. The van der Waals surface area contributed by atoms with E-state index >= 15 is 0 Å². The molecule has 1 aromatic carbocycles. The van der Waals surface area contributed by atoms with Crippen LogP contribution in [0.15, 0.2) is 16.6 Å². The standard InChI is InChI=1S/C21H29BrO2/c1-13(2)15-11-14-7-8-18-20(3,16(14)12-17(15)22)9-6-10-21(18,4)19(23)24-5/h11-13,18H,6-10H2,1-5H3/t18-,20+,21-/m1/s1. The van der Waals surface area contributed by atoms with Crippen molar-refractivity contribution in [1.82, 2.24) is 0 Å². The zero-order valence-electron chi connectivity index (χ0n) is 15.5. The molecule has 3 heteroatoms. The molecular formula is C21H29BrO2. The highest BCUT2D eigenvalue weighted by atomic mass is 79.9. The van der Waals surface area contributed by atoms with Gasteiger partial charge in [-0.05, 0) is 72.6 Å². The number of esters is 1. The van der Waals surface area contributed by atoms with E-state index in [0.717, 1.165) is 32.1 Å². The Morgan fingerprint density at radius 3 is 2.62 bits per heavy atom.